The summed E-state index contributed by atoms with van der Waals surface area (Å²) in [7, 11) is 0. The van der Waals surface area contributed by atoms with Gasteiger partial charge in [-0.1, -0.05) is 50.6 Å². The van der Waals surface area contributed by atoms with Gasteiger partial charge in [-0.2, -0.15) is 0 Å². The summed E-state index contributed by atoms with van der Waals surface area (Å²) >= 11 is 1.84. The maximum absolute atomic E-state index is 13.1. The Morgan fingerprint density at radius 3 is 2.89 bits per heavy atom. The van der Waals surface area contributed by atoms with Gasteiger partial charge < -0.3 is 5.32 Å². The van der Waals surface area contributed by atoms with E-state index in [-0.39, 0.29) is 5.82 Å². The number of amidine groups is 1. The van der Waals surface area contributed by atoms with Gasteiger partial charge >= 0.3 is 0 Å². The van der Waals surface area contributed by atoms with Gasteiger partial charge in [-0.05, 0) is 23.6 Å². The molecule has 104 valence electrons. The molecule has 1 heterocycles. The molecule has 0 spiro atoms. The predicted octanol–water partition coefficient (Wildman–Crippen LogP) is 3.82. The summed E-state index contributed by atoms with van der Waals surface area (Å²) in [6.45, 7) is 6.03. The standard InChI is InChI=1S/C15H21FN2S/c1-3-12(4-2)14-10-18-15(19-14)17-9-11-6-5-7-13(16)8-11/h5-8,12,14H,3-4,9-10H2,1-2H3,(H,17,18). The summed E-state index contributed by atoms with van der Waals surface area (Å²) in [4.78, 5) is 4.55. The van der Waals surface area contributed by atoms with Gasteiger partial charge in [0.25, 0.3) is 0 Å². The molecule has 0 radical (unpaired) electrons. The Morgan fingerprint density at radius 1 is 1.42 bits per heavy atom. The third-order valence-corrected chi connectivity index (χ3v) is 4.92. The smallest absolute Gasteiger partial charge is 0.157 e. The highest BCUT2D eigenvalue weighted by molar-refractivity contribution is 8.14. The highest BCUT2D eigenvalue weighted by Crippen LogP contribution is 2.30. The van der Waals surface area contributed by atoms with Crippen molar-refractivity contribution in [2.24, 2.45) is 10.9 Å². The summed E-state index contributed by atoms with van der Waals surface area (Å²) in [5.74, 6) is 0.553. The lowest BCUT2D eigenvalue weighted by molar-refractivity contribution is 0.479. The van der Waals surface area contributed by atoms with Crippen LogP contribution in [-0.4, -0.2) is 17.0 Å². The van der Waals surface area contributed by atoms with Crippen LogP contribution in [0.2, 0.25) is 0 Å². The van der Waals surface area contributed by atoms with E-state index >= 15 is 0 Å². The lowest BCUT2D eigenvalue weighted by Crippen LogP contribution is -2.21. The molecule has 1 N–H and O–H groups in total. The second-order valence-corrected chi connectivity index (χ2v) is 6.09. The minimum atomic E-state index is -0.185. The molecule has 0 fully saturated rings. The van der Waals surface area contributed by atoms with Gasteiger partial charge in [0.1, 0.15) is 5.82 Å². The molecular formula is C15H21FN2S. The quantitative estimate of drug-likeness (QED) is 0.886. The lowest BCUT2D eigenvalue weighted by Gasteiger charge is -2.18. The van der Waals surface area contributed by atoms with Crippen molar-refractivity contribution in [1.29, 1.82) is 0 Å². The van der Waals surface area contributed by atoms with Gasteiger partial charge in [0.05, 0.1) is 6.54 Å². The Labute approximate surface area is 118 Å². The molecule has 0 saturated carbocycles. The van der Waals surface area contributed by atoms with E-state index in [4.69, 9.17) is 0 Å². The van der Waals surface area contributed by atoms with E-state index in [1.807, 2.05) is 17.8 Å². The van der Waals surface area contributed by atoms with Crippen molar-refractivity contribution in [2.45, 2.75) is 38.5 Å². The molecule has 1 atom stereocenters. The molecule has 1 unspecified atom stereocenters. The number of rotatable bonds is 5. The van der Waals surface area contributed by atoms with E-state index in [0.29, 0.717) is 11.8 Å². The van der Waals surface area contributed by atoms with E-state index in [1.54, 1.807) is 12.1 Å². The van der Waals surface area contributed by atoms with Gasteiger partial charge in [-0.15, -0.1) is 0 Å². The fourth-order valence-electron chi connectivity index (χ4n) is 2.37. The van der Waals surface area contributed by atoms with Crippen molar-refractivity contribution in [3.05, 3.63) is 35.6 Å². The van der Waals surface area contributed by atoms with Gasteiger partial charge in [0, 0.05) is 11.8 Å². The zero-order chi connectivity index (χ0) is 13.7. The lowest BCUT2D eigenvalue weighted by atomic mass is 9.99. The highest BCUT2D eigenvalue weighted by Gasteiger charge is 2.25. The topological polar surface area (TPSA) is 24.4 Å². The number of benzene rings is 1. The number of nitrogens with zero attached hydrogens (tertiary/aromatic N) is 1. The Hall–Kier alpha value is -1.03. The third-order valence-electron chi connectivity index (χ3n) is 3.59. The number of nitrogens with one attached hydrogen (secondary N) is 1. The van der Waals surface area contributed by atoms with E-state index in [2.05, 4.69) is 24.2 Å². The Bertz CT molecular complexity index is 444. The van der Waals surface area contributed by atoms with Crippen LogP contribution < -0.4 is 5.32 Å². The molecule has 2 rings (SSSR count). The molecule has 1 aromatic rings. The number of hydrogen-bond acceptors (Lipinski definition) is 3. The van der Waals surface area contributed by atoms with Crippen molar-refractivity contribution in [3.8, 4) is 0 Å². The number of halogens is 1. The van der Waals surface area contributed by atoms with Crippen molar-refractivity contribution in [2.75, 3.05) is 6.54 Å². The summed E-state index contributed by atoms with van der Waals surface area (Å²) < 4.78 is 13.1. The average Bonchev–Trinajstić information content (AvgIpc) is 2.87. The summed E-state index contributed by atoms with van der Waals surface area (Å²) in [6, 6.07) is 6.69. The molecule has 0 aromatic heterocycles. The van der Waals surface area contributed by atoms with Gasteiger partial charge in [0.2, 0.25) is 0 Å². The van der Waals surface area contributed by atoms with Gasteiger partial charge in [0.15, 0.2) is 5.17 Å². The van der Waals surface area contributed by atoms with Gasteiger partial charge in [-0.25, -0.2) is 4.39 Å². The molecule has 4 heteroatoms. The molecule has 0 bridgehead atoms. The minimum Gasteiger partial charge on any atom is -0.361 e. The molecule has 1 aromatic carbocycles. The fraction of sp³-hybridized carbons (Fsp3) is 0.533. The zero-order valence-electron chi connectivity index (χ0n) is 11.5. The van der Waals surface area contributed by atoms with Crippen LogP contribution >= 0.6 is 11.8 Å². The predicted molar refractivity (Wildman–Crippen MR) is 81.0 cm³/mol. The largest absolute Gasteiger partial charge is 0.361 e. The van der Waals surface area contributed by atoms with E-state index < -0.39 is 0 Å². The van der Waals surface area contributed by atoms with Crippen LogP contribution in [0.5, 0.6) is 0 Å². The van der Waals surface area contributed by atoms with Crippen molar-refractivity contribution >= 4 is 16.9 Å². The first-order chi connectivity index (χ1) is 9.22. The van der Waals surface area contributed by atoms with Crippen LogP contribution in [0.15, 0.2) is 29.3 Å². The van der Waals surface area contributed by atoms with E-state index in [9.17, 15) is 4.39 Å². The van der Waals surface area contributed by atoms with Crippen LogP contribution in [0.4, 0.5) is 4.39 Å². The van der Waals surface area contributed by atoms with Crippen LogP contribution in [0.1, 0.15) is 32.3 Å². The van der Waals surface area contributed by atoms with E-state index in [1.165, 1.54) is 18.9 Å². The summed E-state index contributed by atoms with van der Waals surface area (Å²) in [6.07, 6.45) is 2.42. The number of aliphatic imine (C=N–C) groups is 1. The first-order valence-electron chi connectivity index (χ1n) is 6.92. The Balaban J connectivity index is 1.82. The average molecular weight is 280 g/mol. The molecule has 1 aliphatic rings. The molecule has 0 aliphatic carbocycles. The Morgan fingerprint density at radius 2 is 2.21 bits per heavy atom. The first kappa shape index (κ1) is 14.4. The second kappa shape index (κ2) is 6.94. The number of hydrogen-bond donors (Lipinski definition) is 1. The van der Waals surface area contributed by atoms with Crippen LogP contribution in [0, 0.1) is 11.7 Å². The SMILES string of the molecule is CCC(CC)C1CN=C(NCc2cccc(F)c2)S1. The highest BCUT2D eigenvalue weighted by atomic mass is 32.2. The minimum absolute atomic E-state index is 0.185. The van der Waals surface area contributed by atoms with Crippen molar-refractivity contribution in [3.63, 3.8) is 0 Å². The molecule has 0 saturated heterocycles. The Kier molecular flexibility index (Phi) is 5.25. The van der Waals surface area contributed by atoms with Crippen molar-refractivity contribution in [1.82, 2.24) is 5.32 Å². The third kappa shape index (κ3) is 3.96. The summed E-state index contributed by atoms with van der Waals surface area (Å²) in [5.41, 5.74) is 0.953. The van der Waals surface area contributed by atoms with Crippen LogP contribution in [-0.2, 0) is 6.54 Å². The normalized spacial score (nSPS) is 18.7. The maximum Gasteiger partial charge on any atom is 0.157 e. The van der Waals surface area contributed by atoms with Crippen LogP contribution in [0.3, 0.4) is 0 Å². The zero-order valence-corrected chi connectivity index (χ0v) is 12.3. The first-order valence-corrected chi connectivity index (χ1v) is 7.80. The molecule has 19 heavy (non-hydrogen) atoms. The van der Waals surface area contributed by atoms with Crippen LogP contribution in [0.25, 0.3) is 0 Å². The fourth-order valence-corrected chi connectivity index (χ4v) is 3.69. The number of thioether (sulfide) groups is 1. The molecule has 1 aliphatic heterocycles. The molecular weight excluding hydrogens is 259 g/mol. The maximum atomic E-state index is 13.1. The molecule has 0 amide bonds. The summed E-state index contributed by atoms with van der Waals surface area (Å²) in [5, 5.41) is 4.91. The monoisotopic (exact) mass is 280 g/mol. The van der Waals surface area contributed by atoms with Crippen molar-refractivity contribution < 1.29 is 4.39 Å². The van der Waals surface area contributed by atoms with E-state index in [0.717, 1.165) is 23.2 Å². The second-order valence-electron chi connectivity index (χ2n) is 4.86. The van der Waals surface area contributed by atoms with Gasteiger partial charge in [-0.3, -0.25) is 4.99 Å². The molecule has 2 nitrogen and oxygen atoms in total.